The Morgan fingerprint density at radius 3 is 3.04 bits per heavy atom. The van der Waals surface area contributed by atoms with Gasteiger partial charge < -0.3 is 16.4 Å². The molecule has 0 aliphatic carbocycles. The Labute approximate surface area is 155 Å². The number of nitriles is 1. The first kappa shape index (κ1) is 16.8. The van der Waals surface area contributed by atoms with Crippen molar-refractivity contribution >= 4 is 34.1 Å². The number of nitrogen functional groups attached to an aromatic ring is 1. The molecule has 9 nitrogen and oxygen atoms in total. The molecule has 1 unspecified atom stereocenters. The van der Waals surface area contributed by atoms with Gasteiger partial charge in [0.1, 0.15) is 18.2 Å². The van der Waals surface area contributed by atoms with Gasteiger partial charge in [-0.2, -0.15) is 10.4 Å². The monoisotopic (exact) mass is 362 g/mol. The number of nitrogens with zero attached hydrogens (tertiary/aromatic N) is 5. The molecule has 0 bridgehead atoms. The second kappa shape index (κ2) is 6.57. The molecule has 0 spiro atoms. The Bertz CT molecular complexity index is 1080. The van der Waals surface area contributed by atoms with Crippen molar-refractivity contribution in [2.45, 2.75) is 25.8 Å². The summed E-state index contributed by atoms with van der Waals surface area (Å²) in [7, 11) is 0. The van der Waals surface area contributed by atoms with E-state index in [2.05, 4.69) is 31.8 Å². The standard InChI is InChI=1S/C18H18N8O/c1-10(7-19)14-4-11-5-15(22-8-13(11)18(20)23-14)24-16-6-12-2-3-21-17(27)9-26(12)25-16/h4-6,8,10H,2-3,9H2,1H3,(H2,20,23)(H,21,27)(H,22,24,25). The summed E-state index contributed by atoms with van der Waals surface area (Å²) >= 11 is 0. The van der Waals surface area contributed by atoms with E-state index >= 15 is 0 Å². The predicted molar refractivity (Wildman–Crippen MR) is 100 cm³/mol. The fourth-order valence-corrected chi connectivity index (χ4v) is 3.06. The Morgan fingerprint density at radius 1 is 1.37 bits per heavy atom. The van der Waals surface area contributed by atoms with Crippen molar-refractivity contribution in [1.82, 2.24) is 25.1 Å². The fraction of sp³-hybridized carbons (Fsp3) is 0.278. The van der Waals surface area contributed by atoms with E-state index < -0.39 is 0 Å². The number of carbonyl (C=O) groups is 1. The van der Waals surface area contributed by atoms with Gasteiger partial charge in [-0.25, -0.2) is 9.97 Å². The van der Waals surface area contributed by atoms with E-state index in [1.54, 1.807) is 17.8 Å². The van der Waals surface area contributed by atoms with Crippen LogP contribution in [0.5, 0.6) is 0 Å². The van der Waals surface area contributed by atoms with E-state index in [9.17, 15) is 4.79 Å². The normalized spacial score (nSPS) is 14.7. The molecule has 0 aromatic carbocycles. The van der Waals surface area contributed by atoms with E-state index in [0.717, 1.165) is 22.9 Å². The van der Waals surface area contributed by atoms with Gasteiger partial charge in [0.25, 0.3) is 0 Å². The summed E-state index contributed by atoms with van der Waals surface area (Å²) in [6, 6.07) is 7.77. The summed E-state index contributed by atoms with van der Waals surface area (Å²) in [6.45, 7) is 2.59. The average molecular weight is 362 g/mol. The fourth-order valence-electron chi connectivity index (χ4n) is 3.06. The predicted octanol–water partition coefficient (Wildman–Crippen LogP) is 1.45. The smallest absolute Gasteiger partial charge is 0.241 e. The molecule has 4 N–H and O–H groups in total. The molecule has 1 aliphatic heterocycles. The van der Waals surface area contributed by atoms with Gasteiger partial charge in [-0.3, -0.25) is 9.48 Å². The summed E-state index contributed by atoms with van der Waals surface area (Å²) in [5.74, 6) is 1.18. The number of nitrogens with two attached hydrogens (primary N) is 1. The molecule has 3 aromatic heterocycles. The topological polar surface area (TPSA) is 135 Å². The largest absolute Gasteiger partial charge is 0.383 e. The van der Waals surface area contributed by atoms with E-state index in [4.69, 9.17) is 11.0 Å². The SMILES string of the molecule is CC(C#N)c1cc2cc(Nc3cc4n(n3)CC(=O)NCC4)ncc2c(N)n1. The van der Waals surface area contributed by atoms with E-state index in [1.807, 2.05) is 18.2 Å². The quantitative estimate of drug-likeness (QED) is 0.642. The lowest BCUT2D eigenvalue weighted by Crippen LogP contribution is -2.25. The van der Waals surface area contributed by atoms with Crippen LogP contribution in [0.3, 0.4) is 0 Å². The average Bonchev–Trinajstić information content (AvgIpc) is 2.92. The molecule has 0 fully saturated rings. The molecule has 27 heavy (non-hydrogen) atoms. The minimum atomic E-state index is -0.351. The van der Waals surface area contributed by atoms with Crippen molar-refractivity contribution in [2.75, 3.05) is 17.6 Å². The van der Waals surface area contributed by atoms with Crippen molar-refractivity contribution in [3.8, 4) is 6.07 Å². The van der Waals surface area contributed by atoms with E-state index in [0.29, 0.717) is 29.7 Å². The van der Waals surface area contributed by atoms with Crippen LogP contribution in [-0.4, -0.2) is 32.2 Å². The first-order valence-electron chi connectivity index (χ1n) is 8.59. The van der Waals surface area contributed by atoms with Crippen molar-refractivity contribution in [3.05, 3.63) is 35.8 Å². The van der Waals surface area contributed by atoms with Crippen LogP contribution in [0.25, 0.3) is 10.8 Å². The highest BCUT2D eigenvalue weighted by Gasteiger charge is 2.16. The molecule has 1 aliphatic rings. The van der Waals surface area contributed by atoms with Crippen LogP contribution < -0.4 is 16.4 Å². The van der Waals surface area contributed by atoms with Crippen LogP contribution in [0, 0.1) is 11.3 Å². The zero-order chi connectivity index (χ0) is 19.0. The van der Waals surface area contributed by atoms with Crippen molar-refractivity contribution < 1.29 is 4.79 Å². The third kappa shape index (κ3) is 3.25. The highest BCUT2D eigenvalue weighted by Crippen LogP contribution is 2.26. The van der Waals surface area contributed by atoms with E-state index in [-0.39, 0.29) is 18.4 Å². The first-order chi connectivity index (χ1) is 13.0. The summed E-state index contributed by atoms with van der Waals surface area (Å²) in [5, 5.41) is 21.1. The number of hydrogen-bond acceptors (Lipinski definition) is 7. The number of carbonyl (C=O) groups excluding carboxylic acids is 1. The third-order valence-corrected chi connectivity index (χ3v) is 4.52. The Morgan fingerprint density at radius 2 is 2.22 bits per heavy atom. The lowest BCUT2D eigenvalue weighted by Gasteiger charge is -2.09. The van der Waals surface area contributed by atoms with Gasteiger partial charge in [-0.05, 0) is 24.4 Å². The lowest BCUT2D eigenvalue weighted by molar-refractivity contribution is -0.121. The molecule has 0 saturated carbocycles. The molecular formula is C18H18N8O. The molecule has 4 heterocycles. The highest BCUT2D eigenvalue weighted by atomic mass is 16.2. The molecular weight excluding hydrogens is 344 g/mol. The van der Waals surface area contributed by atoms with Gasteiger partial charge in [-0.15, -0.1) is 0 Å². The molecule has 136 valence electrons. The van der Waals surface area contributed by atoms with Crippen LogP contribution in [-0.2, 0) is 17.8 Å². The van der Waals surface area contributed by atoms with Crippen LogP contribution in [0.2, 0.25) is 0 Å². The maximum atomic E-state index is 11.7. The first-order valence-corrected chi connectivity index (χ1v) is 8.59. The number of anilines is 3. The van der Waals surface area contributed by atoms with Gasteiger partial charge in [0.05, 0.1) is 17.7 Å². The zero-order valence-electron chi connectivity index (χ0n) is 14.7. The maximum Gasteiger partial charge on any atom is 0.241 e. The van der Waals surface area contributed by atoms with Crippen LogP contribution in [0.15, 0.2) is 24.4 Å². The van der Waals surface area contributed by atoms with Crippen LogP contribution >= 0.6 is 0 Å². The summed E-state index contributed by atoms with van der Waals surface area (Å²) < 4.78 is 1.69. The maximum absolute atomic E-state index is 11.7. The lowest BCUT2D eigenvalue weighted by atomic mass is 10.1. The van der Waals surface area contributed by atoms with Gasteiger partial charge in [0.15, 0.2) is 5.82 Å². The number of amides is 1. The van der Waals surface area contributed by atoms with Gasteiger partial charge in [0.2, 0.25) is 5.91 Å². The molecule has 9 heteroatoms. The Hall–Kier alpha value is -3.67. The molecule has 1 amide bonds. The summed E-state index contributed by atoms with van der Waals surface area (Å²) in [5.41, 5.74) is 7.62. The van der Waals surface area contributed by atoms with Crippen LogP contribution in [0.1, 0.15) is 24.2 Å². The van der Waals surface area contributed by atoms with Gasteiger partial charge in [0, 0.05) is 36.3 Å². The van der Waals surface area contributed by atoms with Crippen molar-refractivity contribution in [3.63, 3.8) is 0 Å². The molecule has 0 saturated heterocycles. The number of fused-ring (bicyclic) bond motifs is 2. The number of nitrogens with one attached hydrogen (secondary N) is 2. The number of pyridine rings is 2. The second-order valence-corrected chi connectivity index (χ2v) is 6.48. The van der Waals surface area contributed by atoms with Gasteiger partial charge in [-0.1, -0.05) is 0 Å². The minimum absolute atomic E-state index is 0.0469. The van der Waals surface area contributed by atoms with Crippen LogP contribution in [0.4, 0.5) is 17.5 Å². The van der Waals surface area contributed by atoms with Crippen molar-refractivity contribution in [2.24, 2.45) is 0 Å². The molecule has 1 atom stereocenters. The zero-order valence-corrected chi connectivity index (χ0v) is 14.7. The summed E-state index contributed by atoms with van der Waals surface area (Å²) in [4.78, 5) is 20.3. The number of rotatable bonds is 3. The van der Waals surface area contributed by atoms with Crippen molar-refractivity contribution in [1.29, 1.82) is 5.26 Å². The third-order valence-electron chi connectivity index (χ3n) is 4.52. The minimum Gasteiger partial charge on any atom is -0.383 e. The summed E-state index contributed by atoms with van der Waals surface area (Å²) in [6.07, 6.45) is 2.37. The number of hydrogen-bond donors (Lipinski definition) is 3. The molecule has 4 rings (SSSR count). The highest BCUT2D eigenvalue weighted by molar-refractivity contribution is 5.92. The number of aromatic nitrogens is 4. The second-order valence-electron chi connectivity index (χ2n) is 6.48. The Balaban J connectivity index is 1.66. The van der Waals surface area contributed by atoms with E-state index in [1.165, 1.54) is 0 Å². The molecule has 3 aromatic rings. The van der Waals surface area contributed by atoms with Gasteiger partial charge >= 0.3 is 0 Å². The Kier molecular flexibility index (Phi) is 4.08. The molecule has 0 radical (unpaired) electrons.